The number of hydrogen-bond acceptors (Lipinski definition) is 3. The number of ether oxygens (including phenoxy) is 2. The van der Waals surface area contributed by atoms with Gasteiger partial charge in [-0.1, -0.05) is 13.3 Å². The van der Waals surface area contributed by atoms with E-state index in [1.54, 1.807) is 0 Å². The first-order chi connectivity index (χ1) is 4.76. The molecule has 1 atom stereocenters. The lowest BCUT2D eigenvalue weighted by Gasteiger charge is -2.18. The SMILES string of the molecule is CCCC(O)C(OC)OC. The maximum atomic E-state index is 9.26. The largest absolute Gasteiger partial charge is 0.388 e. The molecule has 0 saturated carbocycles. The maximum absolute atomic E-state index is 9.26. The molecule has 0 aromatic carbocycles. The fourth-order valence-corrected chi connectivity index (χ4v) is 0.842. The molecule has 1 unspecified atom stereocenters. The van der Waals surface area contributed by atoms with Crippen molar-refractivity contribution in [1.29, 1.82) is 0 Å². The number of rotatable bonds is 5. The van der Waals surface area contributed by atoms with Crippen molar-refractivity contribution in [2.75, 3.05) is 14.2 Å². The van der Waals surface area contributed by atoms with E-state index >= 15 is 0 Å². The first kappa shape index (κ1) is 9.88. The molecule has 62 valence electrons. The molecule has 0 heterocycles. The molecule has 0 radical (unpaired) electrons. The van der Waals surface area contributed by atoms with Crippen LogP contribution in [0.4, 0.5) is 0 Å². The molecule has 0 rings (SSSR count). The van der Waals surface area contributed by atoms with E-state index in [0.717, 1.165) is 6.42 Å². The lowest BCUT2D eigenvalue weighted by molar-refractivity contribution is -0.165. The lowest BCUT2D eigenvalue weighted by Crippen LogP contribution is -2.29. The third kappa shape index (κ3) is 3.15. The van der Waals surface area contributed by atoms with Crippen molar-refractivity contribution in [3.05, 3.63) is 0 Å². The van der Waals surface area contributed by atoms with Crippen LogP contribution in [0.1, 0.15) is 19.8 Å². The zero-order valence-electron chi connectivity index (χ0n) is 6.83. The summed E-state index contributed by atoms with van der Waals surface area (Å²) in [5.74, 6) is 0. The van der Waals surface area contributed by atoms with Crippen molar-refractivity contribution < 1.29 is 14.6 Å². The minimum Gasteiger partial charge on any atom is -0.388 e. The van der Waals surface area contributed by atoms with Crippen molar-refractivity contribution in [3.63, 3.8) is 0 Å². The Morgan fingerprint density at radius 2 is 1.80 bits per heavy atom. The highest BCUT2D eigenvalue weighted by atomic mass is 16.7. The van der Waals surface area contributed by atoms with Crippen LogP contribution in [0.2, 0.25) is 0 Å². The molecule has 3 nitrogen and oxygen atoms in total. The van der Waals surface area contributed by atoms with Crippen molar-refractivity contribution >= 4 is 0 Å². The zero-order valence-corrected chi connectivity index (χ0v) is 6.83. The fourth-order valence-electron chi connectivity index (χ4n) is 0.842. The highest BCUT2D eigenvalue weighted by Gasteiger charge is 2.15. The van der Waals surface area contributed by atoms with Crippen molar-refractivity contribution in [3.8, 4) is 0 Å². The highest BCUT2D eigenvalue weighted by molar-refractivity contribution is 4.57. The van der Waals surface area contributed by atoms with Crippen LogP contribution < -0.4 is 0 Å². The van der Waals surface area contributed by atoms with E-state index in [2.05, 4.69) is 0 Å². The number of hydrogen-bond donors (Lipinski definition) is 1. The molecule has 0 spiro atoms. The van der Waals surface area contributed by atoms with Gasteiger partial charge in [-0.05, 0) is 6.42 Å². The Morgan fingerprint density at radius 1 is 1.30 bits per heavy atom. The topological polar surface area (TPSA) is 38.7 Å². The summed E-state index contributed by atoms with van der Waals surface area (Å²) in [6.07, 6.45) is 0.677. The minimum atomic E-state index is -0.500. The molecule has 1 N–H and O–H groups in total. The first-order valence-corrected chi connectivity index (χ1v) is 3.49. The van der Waals surface area contributed by atoms with Gasteiger partial charge in [0.15, 0.2) is 6.29 Å². The third-order valence-corrected chi connectivity index (χ3v) is 1.36. The second kappa shape index (κ2) is 5.65. The Kier molecular flexibility index (Phi) is 5.58. The minimum absolute atomic E-state index is 0.472. The van der Waals surface area contributed by atoms with Crippen LogP contribution in [0, 0.1) is 0 Å². The Bertz CT molecular complexity index is 71.3. The summed E-state index contributed by atoms with van der Waals surface area (Å²) in [5, 5.41) is 9.26. The second-order valence-electron chi connectivity index (χ2n) is 2.20. The maximum Gasteiger partial charge on any atom is 0.182 e. The number of aliphatic hydroxyl groups excluding tert-OH is 1. The molecule has 0 aromatic heterocycles. The fraction of sp³-hybridized carbons (Fsp3) is 1.00. The summed E-state index contributed by atoms with van der Waals surface area (Å²) in [6.45, 7) is 2.01. The summed E-state index contributed by atoms with van der Waals surface area (Å²) in [5.41, 5.74) is 0. The average Bonchev–Trinajstić information content (AvgIpc) is 1.91. The Labute approximate surface area is 62.0 Å². The predicted octanol–water partition coefficient (Wildman–Crippen LogP) is 0.766. The van der Waals surface area contributed by atoms with Gasteiger partial charge in [0, 0.05) is 14.2 Å². The summed E-state index contributed by atoms with van der Waals surface area (Å²) in [7, 11) is 3.04. The third-order valence-electron chi connectivity index (χ3n) is 1.36. The summed E-state index contributed by atoms with van der Waals surface area (Å²) < 4.78 is 9.68. The average molecular weight is 148 g/mol. The normalized spacial score (nSPS) is 14.1. The molecule has 10 heavy (non-hydrogen) atoms. The molecule has 0 aromatic rings. The Balaban J connectivity index is 3.53. The van der Waals surface area contributed by atoms with Crippen LogP contribution in [-0.2, 0) is 9.47 Å². The number of aliphatic hydroxyl groups is 1. The molecular formula is C7H16O3. The van der Waals surface area contributed by atoms with Crippen molar-refractivity contribution in [2.45, 2.75) is 32.2 Å². The van der Waals surface area contributed by atoms with Gasteiger partial charge < -0.3 is 14.6 Å². The van der Waals surface area contributed by atoms with E-state index in [1.807, 2.05) is 6.92 Å². The van der Waals surface area contributed by atoms with Gasteiger partial charge in [0.2, 0.25) is 0 Å². The smallest absolute Gasteiger partial charge is 0.182 e. The monoisotopic (exact) mass is 148 g/mol. The van der Waals surface area contributed by atoms with Crippen LogP contribution in [0.15, 0.2) is 0 Å². The van der Waals surface area contributed by atoms with Gasteiger partial charge >= 0.3 is 0 Å². The Hall–Kier alpha value is -0.120. The van der Waals surface area contributed by atoms with Gasteiger partial charge in [-0.2, -0.15) is 0 Å². The van der Waals surface area contributed by atoms with E-state index < -0.39 is 12.4 Å². The van der Waals surface area contributed by atoms with E-state index in [-0.39, 0.29) is 0 Å². The Morgan fingerprint density at radius 3 is 2.10 bits per heavy atom. The van der Waals surface area contributed by atoms with Gasteiger partial charge in [0.05, 0.1) is 0 Å². The molecule has 0 aliphatic carbocycles. The van der Waals surface area contributed by atoms with E-state index in [0.29, 0.717) is 6.42 Å². The van der Waals surface area contributed by atoms with Crippen LogP contribution in [0.5, 0.6) is 0 Å². The standard InChI is InChI=1S/C7H16O3/c1-4-5-6(8)7(9-2)10-3/h6-8H,4-5H2,1-3H3. The lowest BCUT2D eigenvalue weighted by atomic mass is 10.2. The summed E-state index contributed by atoms with van der Waals surface area (Å²) >= 11 is 0. The van der Waals surface area contributed by atoms with Crippen LogP contribution in [-0.4, -0.2) is 31.7 Å². The predicted molar refractivity (Wildman–Crippen MR) is 38.7 cm³/mol. The van der Waals surface area contributed by atoms with Gasteiger partial charge in [0.1, 0.15) is 6.10 Å². The molecule has 0 aliphatic rings. The van der Waals surface area contributed by atoms with Gasteiger partial charge in [-0.25, -0.2) is 0 Å². The molecule has 0 fully saturated rings. The number of methoxy groups -OCH3 is 2. The van der Waals surface area contributed by atoms with E-state index in [4.69, 9.17) is 9.47 Å². The first-order valence-electron chi connectivity index (χ1n) is 3.49. The highest BCUT2D eigenvalue weighted by Crippen LogP contribution is 2.05. The van der Waals surface area contributed by atoms with Crippen molar-refractivity contribution in [1.82, 2.24) is 0 Å². The molecule has 0 bridgehead atoms. The van der Waals surface area contributed by atoms with Crippen molar-refractivity contribution in [2.24, 2.45) is 0 Å². The molecule has 0 aliphatic heterocycles. The van der Waals surface area contributed by atoms with Crippen LogP contribution in [0.25, 0.3) is 0 Å². The van der Waals surface area contributed by atoms with Gasteiger partial charge in [-0.15, -0.1) is 0 Å². The van der Waals surface area contributed by atoms with Gasteiger partial charge in [0.25, 0.3) is 0 Å². The van der Waals surface area contributed by atoms with E-state index in [9.17, 15) is 5.11 Å². The zero-order chi connectivity index (χ0) is 7.98. The summed E-state index contributed by atoms with van der Waals surface area (Å²) in [4.78, 5) is 0. The molecule has 0 saturated heterocycles. The molecule has 0 amide bonds. The van der Waals surface area contributed by atoms with Crippen LogP contribution >= 0.6 is 0 Å². The van der Waals surface area contributed by atoms with Gasteiger partial charge in [-0.3, -0.25) is 0 Å². The van der Waals surface area contributed by atoms with E-state index in [1.165, 1.54) is 14.2 Å². The van der Waals surface area contributed by atoms with Crippen LogP contribution in [0.3, 0.4) is 0 Å². The molecule has 3 heteroatoms. The second-order valence-corrected chi connectivity index (χ2v) is 2.20. The quantitative estimate of drug-likeness (QED) is 0.585. The summed E-state index contributed by atoms with van der Waals surface area (Å²) in [6, 6.07) is 0. The molecular weight excluding hydrogens is 132 g/mol.